The Bertz CT molecular complexity index is 1240. The maximum absolute atomic E-state index is 12.7. The molecule has 144 valence electrons. The lowest BCUT2D eigenvalue weighted by Gasteiger charge is -2.03. The lowest BCUT2D eigenvalue weighted by molar-refractivity contribution is 0.102. The Morgan fingerprint density at radius 1 is 0.867 bits per heavy atom. The zero-order chi connectivity index (χ0) is 20.8. The van der Waals surface area contributed by atoms with Gasteiger partial charge in [0, 0.05) is 17.8 Å². The quantitative estimate of drug-likeness (QED) is 0.410. The van der Waals surface area contributed by atoms with Crippen LogP contribution in [-0.4, -0.2) is 10.9 Å². The summed E-state index contributed by atoms with van der Waals surface area (Å²) in [6.07, 6.45) is 1.48. The van der Waals surface area contributed by atoms with Crippen molar-refractivity contribution in [3.05, 3.63) is 118 Å². The summed E-state index contributed by atoms with van der Waals surface area (Å²) in [7, 11) is 0. The van der Waals surface area contributed by atoms with Crippen molar-refractivity contribution in [1.29, 1.82) is 0 Å². The molecule has 0 unspecified atom stereocenters. The molecule has 4 nitrogen and oxygen atoms in total. The van der Waals surface area contributed by atoms with Gasteiger partial charge in [-0.3, -0.25) is 4.79 Å². The first-order chi connectivity index (χ1) is 14.7. The van der Waals surface area contributed by atoms with Crippen LogP contribution in [0.3, 0.4) is 0 Å². The average Bonchev–Trinajstić information content (AvgIpc) is 2.80. The van der Waals surface area contributed by atoms with E-state index in [1.807, 2.05) is 60.7 Å². The SMILES string of the molecule is O=C(Nc1ccc(Cl)cn1)c1ccccc1[N+]#Cc1ccccc1-c1ccccc1. The normalized spacial score (nSPS) is 10.0. The second kappa shape index (κ2) is 9.04. The van der Waals surface area contributed by atoms with E-state index in [1.165, 1.54) is 6.20 Å². The first-order valence-corrected chi connectivity index (χ1v) is 9.71. The molecule has 4 rings (SSSR count). The van der Waals surface area contributed by atoms with Gasteiger partial charge in [0.05, 0.1) is 5.02 Å². The number of aromatic nitrogens is 1. The molecule has 0 fully saturated rings. The average molecular weight is 411 g/mol. The molecule has 0 spiro atoms. The van der Waals surface area contributed by atoms with Crippen molar-refractivity contribution < 1.29 is 4.79 Å². The molecule has 0 saturated heterocycles. The minimum Gasteiger partial charge on any atom is -0.306 e. The number of benzene rings is 3. The Labute approximate surface area is 179 Å². The highest BCUT2D eigenvalue weighted by Gasteiger charge is 2.18. The van der Waals surface area contributed by atoms with E-state index >= 15 is 0 Å². The number of halogens is 1. The van der Waals surface area contributed by atoms with Gasteiger partial charge in [0.2, 0.25) is 0 Å². The first-order valence-electron chi connectivity index (χ1n) is 9.34. The molecule has 0 radical (unpaired) electrons. The van der Waals surface area contributed by atoms with Crippen molar-refractivity contribution in [2.24, 2.45) is 0 Å². The number of nitrogens with one attached hydrogen (secondary N) is 1. The zero-order valence-electron chi connectivity index (χ0n) is 15.9. The van der Waals surface area contributed by atoms with E-state index in [9.17, 15) is 4.79 Å². The molecule has 0 aliphatic carbocycles. The van der Waals surface area contributed by atoms with Crippen molar-refractivity contribution in [2.75, 3.05) is 5.32 Å². The maximum atomic E-state index is 12.7. The van der Waals surface area contributed by atoms with Crippen molar-refractivity contribution in [2.45, 2.75) is 0 Å². The van der Waals surface area contributed by atoms with Gasteiger partial charge in [-0.25, -0.2) is 4.98 Å². The van der Waals surface area contributed by atoms with Crippen LogP contribution in [0.4, 0.5) is 11.5 Å². The molecule has 1 aromatic heterocycles. The molecule has 1 amide bonds. The maximum Gasteiger partial charge on any atom is 0.353 e. The molecule has 1 heterocycles. The van der Waals surface area contributed by atoms with E-state index in [-0.39, 0.29) is 5.91 Å². The number of anilines is 1. The highest BCUT2D eigenvalue weighted by atomic mass is 35.5. The number of hydrogen-bond donors (Lipinski definition) is 1. The lowest BCUT2D eigenvalue weighted by atomic mass is 10.0. The van der Waals surface area contributed by atoms with Crippen molar-refractivity contribution in [1.82, 2.24) is 4.98 Å². The molecule has 0 aliphatic rings. The standard InChI is InChI=1S/C25H16ClN3O/c26-20-14-15-24(28-17-20)29-25(30)22-12-6-7-13-23(22)27-16-19-10-4-5-11-21(19)18-8-2-1-3-9-18/h1-15,17H/p+1. The first kappa shape index (κ1) is 19.4. The van der Waals surface area contributed by atoms with Crippen molar-refractivity contribution >= 4 is 29.0 Å². The van der Waals surface area contributed by atoms with Gasteiger partial charge in [-0.15, -0.1) is 0 Å². The van der Waals surface area contributed by atoms with Gasteiger partial charge in [0.25, 0.3) is 5.91 Å². The summed E-state index contributed by atoms with van der Waals surface area (Å²) in [6.45, 7) is 0. The third-order valence-corrected chi connectivity index (χ3v) is 4.65. The Hall–Kier alpha value is -3.94. The van der Waals surface area contributed by atoms with E-state index in [2.05, 4.69) is 21.2 Å². The number of amides is 1. The summed E-state index contributed by atoms with van der Waals surface area (Å²) in [5.74, 6) is 0.115. The molecule has 4 aromatic rings. The van der Waals surface area contributed by atoms with Crippen molar-refractivity contribution in [3.63, 3.8) is 0 Å². The molecule has 0 aliphatic heterocycles. The van der Waals surface area contributed by atoms with Gasteiger partial charge < -0.3 is 5.32 Å². The highest BCUT2D eigenvalue weighted by molar-refractivity contribution is 6.30. The lowest BCUT2D eigenvalue weighted by Crippen LogP contribution is -2.12. The fourth-order valence-corrected chi connectivity index (χ4v) is 3.08. The molecule has 5 heteroatoms. The monoisotopic (exact) mass is 410 g/mol. The number of para-hydroxylation sites is 1. The fourth-order valence-electron chi connectivity index (χ4n) is 2.97. The number of nitrogens with zero attached hydrogens (tertiary/aromatic N) is 2. The molecule has 0 saturated carbocycles. The molecule has 3 aromatic carbocycles. The molecular weight excluding hydrogens is 394 g/mol. The molecule has 1 N–H and O–H groups in total. The minimum absolute atomic E-state index is 0.303. The van der Waals surface area contributed by atoms with Crippen LogP contribution in [0.5, 0.6) is 0 Å². The van der Waals surface area contributed by atoms with Crippen LogP contribution in [0.1, 0.15) is 15.9 Å². The highest BCUT2D eigenvalue weighted by Crippen LogP contribution is 2.25. The van der Waals surface area contributed by atoms with E-state index in [0.29, 0.717) is 22.1 Å². The summed E-state index contributed by atoms with van der Waals surface area (Å²) in [5, 5.41) is 3.27. The predicted octanol–water partition coefficient (Wildman–Crippen LogP) is 6.67. The van der Waals surface area contributed by atoms with Crippen LogP contribution in [0.15, 0.2) is 97.2 Å². The number of carbonyl (C=O) groups excluding carboxylic acids is 1. The predicted molar refractivity (Wildman–Crippen MR) is 122 cm³/mol. The Kier molecular flexibility index (Phi) is 5.84. The van der Waals surface area contributed by atoms with Crippen molar-refractivity contribution in [3.8, 4) is 17.2 Å². The summed E-state index contributed by atoms with van der Waals surface area (Å²) < 4.78 is 0. The van der Waals surface area contributed by atoms with Crippen LogP contribution < -0.4 is 5.32 Å². The zero-order valence-corrected chi connectivity index (χ0v) is 16.7. The van der Waals surface area contributed by atoms with Crippen LogP contribution in [0.25, 0.3) is 16.0 Å². The van der Waals surface area contributed by atoms with E-state index in [0.717, 1.165) is 16.7 Å². The third kappa shape index (κ3) is 4.54. The second-order valence-corrected chi connectivity index (χ2v) is 6.90. The molecule has 0 atom stereocenters. The van der Waals surface area contributed by atoms with Gasteiger partial charge in [-0.2, -0.15) is 0 Å². The number of carbonyl (C=O) groups is 1. The van der Waals surface area contributed by atoms with Crippen LogP contribution >= 0.6 is 11.6 Å². The molecular formula is C25H17ClN3O+. The Balaban J connectivity index is 1.65. The summed E-state index contributed by atoms with van der Waals surface area (Å²) in [6, 6.07) is 31.5. The number of pyridine rings is 1. The molecule has 30 heavy (non-hydrogen) atoms. The van der Waals surface area contributed by atoms with Gasteiger partial charge in [-0.05, 0) is 34.7 Å². The van der Waals surface area contributed by atoms with Crippen LogP contribution in [-0.2, 0) is 0 Å². The third-order valence-electron chi connectivity index (χ3n) is 4.43. The van der Waals surface area contributed by atoms with E-state index in [4.69, 9.17) is 11.6 Å². The fraction of sp³-hybridized carbons (Fsp3) is 0. The van der Waals surface area contributed by atoms with E-state index < -0.39 is 0 Å². The summed E-state index contributed by atoms with van der Waals surface area (Å²) in [4.78, 5) is 21.3. The summed E-state index contributed by atoms with van der Waals surface area (Å²) in [5.41, 5.74) is 3.90. The second-order valence-electron chi connectivity index (χ2n) is 6.47. The largest absolute Gasteiger partial charge is 0.353 e. The molecule has 0 bridgehead atoms. The minimum atomic E-state index is -0.303. The van der Waals surface area contributed by atoms with Crippen LogP contribution in [0.2, 0.25) is 5.02 Å². The van der Waals surface area contributed by atoms with Gasteiger partial charge in [0.15, 0.2) is 0 Å². The number of rotatable bonds is 3. The topological polar surface area (TPSA) is 46.4 Å². The Morgan fingerprint density at radius 2 is 1.60 bits per heavy atom. The van der Waals surface area contributed by atoms with Gasteiger partial charge >= 0.3 is 11.8 Å². The Morgan fingerprint density at radius 3 is 2.40 bits per heavy atom. The van der Waals surface area contributed by atoms with Crippen LogP contribution in [0, 0.1) is 6.07 Å². The van der Waals surface area contributed by atoms with E-state index in [1.54, 1.807) is 30.3 Å². The smallest absolute Gasteiger partial charge is 0.306 e. The summed E-state index contributed by atoms with van der Waals surface area (Å²) >= 11 is 5.85. The van der Waals surface area contributed by atoms with Gasteiger partial charge in [0.1, 0.15) is 16.9 Å². The van der Waals surface area contributed by atoms with Gasteiger partial charge in [-0.1, -0.05) is 72.3 Å². The number of hydrogen-bond acceptors (Lipinski definition) is 2.